The molecule has 8 heteroatoms. The van der Waals surface area contributed by atoms with E-state index in [1.807, 2.05) is 0 Å². The number of thioether (sulfide) groups is 1. The maximum atomic E-state index is 12.1. The van der Waals surface area contributed by atoms with Gasteiger partial charge in [0.05, 0.1) is 11.8 Å². The molecule has 2 atom stereocenters. The molecule has 0 aromatic carbocycles. The Bertz CT molecular complexity index is 537. The quantitative estimate of drug-likeness (QED) is 0.729. The Morgan fingerprint density at radius 3 is 2.76 bits per heavy atom. The van der Waals surface area contributed by atoms with Crippen molar-refractivity contribution in [3.8, 4) is 0 Å². The average molecular weight is 312 g/mol. The van der Waals surface area contributed by atoms with Crippen LogP contribution in [-0.4, -0.2) is 46.0 Å². The van der Waals surface area contributed by atoms with E-state index < -0.39 is 29.4 Å². The topological polar surface area (TPSA) is 109 Å². The fourth-order valence-corrected chi connectivity index (χ4v) is 3.29. The lowest BCUT2D eigenvalue weighted by atomic mass is 9.98. The highest BCUT2D eigenvalue weighted by atomic mass is 32.2. The third-order valence-corrected chi connectivity index (χ3v) is 4.51. The maximum absolute atomic E-state index is 12.1. The summed E-state index contributed by atoms with van der Waals surface area (Å²) in [5.41, 5.74) is -0.935. The van der Waals surface area contributed by atoms with E-state index in [9.17, 15) is 19.5 Å². The second kappa shape index (κ2) is 6.21. The van der Waals surface area contributed by atoms with E-state index in [1.54, 1.807) is 0 Å². The van der Waals surface area contributed by atoms with Gasteiger partial charge in [0.25, 0.3) is 5.91 Å². The molecule has 3 N–H and O–H groups in total. The molecule has 1 aliphatic heterocycles. The molecular weight excluding hydrogens is 296 g/mol. The molecule has 0 spiro atoms. The van der Waals surface area contributed by atoms with Crippen molar-refractivity contribution in [2.24, 2.45) is 0 Å². The zero-order chi connectivity index (χ0) is 15.5. The van der Waals surface area contributed by atoms with Crippen LogP contribution in [0.5, 0.6) is 0 Å². The molecule has 0 saturated carbocycles. The Morgan fingerprint density at radius 1 is 1.48 bits per heavy atom. The minimum absolute atomic E-state index is 0.305. The van der Waals surface area contributed by atoms with Gasteiger partial charge < -0.3 is 20.2 Å². The summed E-state index contributed by atoms with van der Waals surface area (Å²) in [5, 5.41) is 14.3. The van der Waals surface area contributed by atoms with E-state index in [1.165, 1.54) is 37.3 Å². The number of amides is 2. The molecule has 1 aromatic heterocycles. The van der Waals surface area contributed by atoms with Crippen LogP contribution in [0.4, 0.5) is 0 Å². The van der Waals surface area contributed by atoms with Crippen molar-refractivity contribution >= 4 is 29.5 Å². The van der Waals surface area contributed by atoms with Gasteiger partial charge in [-0.3, -0.25) is 9.59 Å². The second-order valence-electron chi connectivity index (χ2n) is 4.89. The molecule has 1 aromatic rings. The highest BCUT2D eigenvalue weighted by Crippen LogP contribution is 2.28. The summed E-state index contributed by atoms with van der Waals surface area (Å²) in [7, 11) is 0. The minimum Gasteiger partial charge on any atom is -0.479 e. The van der Waals surface area contributed by atoms with Crippen molar-refractivity contribution in [3.05, 3.63) is 24.2 Å². The summed E-state index contributed by atoms with van der Waals surface area (Å²) >= 11 is 1.48. The number of nitrogens with one attached hydrogen (secondary N) is 2. The fourth-order valence-electron chi connectivity index (χ4n) is 1.97. The zero-order valence-electron chi connectivity index (χ0n) is 11.4. The SMILES string of the molecule is CC(NC(=O)c1ccoc1)C(=O)NC1(C(=O)O)CCSC1. The lowest BCUT2D eigenvalue weighted by Crippen LogP contribution is -2.59. The van der Waals surface area contributed by atoms with Gasteiger partial charge in [-0.25, -0.2) is 4.79 Å². The van der Waals surface area contributed by atoms with E-state index in [0.29, 0.717) is 23.5 Å². The van der Waals surface area contributed by atoms with Crippen LogP contribution in [0, 0.1) is 0 Å². The first kappa shape index (κ1) is 15.4. The Balaban J connectivity index is 1.96. The zero-order valence-corrected chi connectivity index (χ0v) is 12.2. The van der Waals surface area contributed by atoms with Crippen LogP contribution in [0.1, 0.15) is 23.7 Å². The van der Waals surface area contributed by atoms with Gasteiger partial charge in [0.15, 0.2) is 0 Å². The predicted octanol–water partition coefficient (Wildman–Crippen LogP) is 0.474. The molecular formula is C13H16N2O5S. The third-order valence-electron chi connectivity index (χ3n) is 3.32. The van der Waals surface area contributed by atoms with Crippen molar-refractivity contribution in [2.45, 2.75) is 24.9 Å². The number of hydrogen-bond donors (Lipinski definition) is 3. The number of aliphatic carboxylic acids is 1. The molecule has 0 radical (unpaired) electrons. The molecule has 7 nitrogen and oxygen atoms in total. The summed E-state index contributed by atoms with van der Waals surface area (Å²) in [6.45, 7) is 1.50. The summed E-state index contributed by atoms with van der Waals surface area (Å²) in [5.74, 6) is -0.999. The lowest BCUT2D eigenvalue weighted by molar-refractivity contribution is -0.146. The van der Waals surface area contributed by atoms with Crippen LogP contribution in [-0.2, 0) is 9.59 Å². The third kappa shape index (κ3) is 3.38. The molecule has 0 bridgehead atoms. The van der Waals surface area contributed by atoms with E-state index in [0.717, 1.165) is 0 Å². The molecule has 1 saturated heterocycles. The van der Waals surface area contributed by atoms with Crippen LogP contribution in [0.3, 0.4) is 0 Å². The summed E-state index contributed by atoms with van der Waals surface area (Å²) in [4.78, 5) is 35.3. The Labute approximate surface area is 125 Å². The van der Waals surface area contributed by atoms with Crippen LogP contribution in [0.2, 0.25) is 0 Å². The number of rotatable bonds is 5. The van der Waals surface area contributed by atoms with Gasteiger partial charge in [0.2, 0.25) is 5.91 Å². The molecule has 114 valence electrons. The summed E-state index contributed by atoms with van der Waals surface area (Å²) in [6, 6.07) is 0.640. The van der Waals surface area contributed by atoms with E-state index >= 15 is 0 Å². The molecule has 2 amide bonds. The van der Waals surface area contributed by atoms with Crippen molar-refractivity contribution in [1.29, 1.82) is 0 Å². The van der Waals surface area contributed by atoms with Gasteiger partial charge in [-0.1, -0.05) is 0 Å². The number of furan rings is 1. The number of carbonyl (C=O) groups is 3. The van der Waals surface area contributed by atoms with Crippen molar-refractivity contribution in [1.82, 2.24) is 10.6 Å². The number of carbonyl (C=O) groups excluding carboxylic acids is 2. The molecule has 1 fully saturated rings. The first-order valence-electron chi connectivity index (χ1n) is 6.41. The van der Waals surface area contributed by atoms with Gasteiger partial charge in [-0.05, 0) is 25.2 Å². The normalized spacial score (nSPS) is 22.5. The van der Waals surface area contributed by atoms with Crippen LogP contribution in [0.15, 0.2) is 23.0 Å². The Hall–Kier alpha value is -1.96. The van der Waals surface area contributed by atoms with Gasteiger partial charge in [-0.15, -0.1) is 0 Å². The molecule has 2 rings (SSSR count). The highest BCUT2D eigenvalue weighted by Gasteiger charge is 2.43. The lowest BCUT2D eigenvalue weighted by Gasteiger charge is -2.26. The van der Waals surface area contributed by atoms with Crippen LogP contribution < -0.4 is 10.6 Å². The molecule has 2 unspecified atom stereocenters. The van der Waals surface area contributed by atoms with Crippen LogP contribution in [0.25, 0.3) is 0 Å². The first-order chi connectivity index (χ1) is 9.94. The maximum Gasteiger partial charge on any atom is 0.330 e. The standard InChI is InChI=1S/C13H16N2O5S/c1-8(14-11(17)9-2-4-20-6-9)10(16)15-13(12(18)19)3-5-21-7-13/h2,4,6,8H,3,5,7H2,1H3,(H,14,17)(H,15,16)(H,18,19). The fraction of sp³-hybridized carbons (Fsp3) is 0.462. The van der Waals surface area contributed by atoms with Crippen molar-refractivity contribution in [3.63, 3.8) is 0 Å². The van der Waals surface area contributed by atoms with Crippen LogP contribution >= 0.6 is 11.8 Å². The first-order valence-corrected chi connectivity index (χ1v) is 7.56. The molecule has 0 aliphatic carbocycles. The van der Waals surface area contributed by atoms with Crippen molar-refractivity contribution < 1.29 is 23.9 Å². The van der Waals surface area contributed by atoms with E-state index in [4.69, 9.17) is 4.42 Å². The molecule has 2 heterocycles. The predicted molar refractivity (Wildman–Crippen MR) is 76.1 cm³/mol. The number of carboxylic acids is 1. The van der Waals surface area contributed by atoms with Gasteiger partial charge in [0.1, 0.15) is 17.8 Å². The van der Waals surface area contributed by atoms with E-state index in [2.05, 4.69) is 10.6 Å². The summed E-state index contributed by atoms with van der Waals surface area (Å²) in [6.07, 6.45) is 3.00. The highest BCUT2D eigenvalue weighted by molar-refractivity contribution is 7.99. The van der Waals surface area contributed by atoms with Gasteiger partial charge in [-0.2, -0.15) is 11.8 Å². The average Bonchev–Trinajstić information content (AvgIpc) is 3.10. The van der Waals surface area contributed by atoms with E-state index in [-0.39, 0.29) is 0 Å². The smallest absolute Gasteiger partial charge is 0.330 e. The second-order valence-corrected chi connectivity index (χ2v) is 5.99. The minimum atomic E-state index is -1.24. The summed E-state index contributed by atoms with van der Waals surface area (Å²) < 4.78 is 4.79. The van der Waals surface area contributed by atoms with Gasteiger partial charge in [0, 0.05) is 5.75 Å². The Morgan fingerprint density at radius 2 is 2.24 bits per heavy atom. The number of carboxylic acid groups (broad SMARTS) is 1. The van der Waals surface area contributed by atoms with Crippen molar-refractivity contribution in [2.75, 3.05) is 11.5 Å². The molecule has 21 heavy (non-hydrogen) atoms. The largest absolute Gasteiger partial charge is 0.479 e. The Kier molecular flexibility index (Phi) is 4.56. The van der Waals surface area contributed by atoms with Gasteiger partial charge >= 0.3 is 5.97 Å². The molecule has 1 aliphatic rings. The monoisotopic (exact) mass is 312 g/mol. The number of hydrogen-bond acceptors (Lipinski definition) is 5.